The molecule has 0 atom stereocenters. The molecule has 7 nitrogen and oxygen atoms in total. The molecule has 3 aromatic rings. The number of hydrogen-bond acceptors (Lipinski definition) is 5. The summed E-state index contributed by atoms with van der Waals surface area (Å²) >= 11 is 0. The molecule has 126 valence electrons. The molecule has 25 heavy (non-hydrogen) atoms. The zero-order chi connectivity index (χ0) is 17.6. The smallest absolute Gasteiger partial charge is 0.274 e. The van der Waals surface area contributed by atoms with Crippen molar-refractivity contribution in [3.8, 4) is 17.2 Å². The van der Waals surface area contributed by atoms with E-state index in [2.05, 4.69) is 15.6 Å². The Labute approximate surface area is 144 Å². The second kappa shape index (κ2) is 7.31. The Kier molecular flexibility index (Phi) is 4.75. The summed E-state index contributed by atoms with van der Waals surface area (Å²) in [4.78, 5) is 12.1. The van der Waals surface area contributed by atoms with Crippen LogP contribution in [0.4, 0.5) is 0 Å². The maximum absolute atomic E-state index is 12.1. The van der Waals surface area contributed by atoms with Crippen molar-refractivity contribution in [2.75, 3.05) is 7.11 Å². The third kappa shape index (κ3) is 4.03. The fourth-order valence-electron chi connectivity index (χ4n) is 2.11. The molecule has 3 rings (SSSR count). The van der Waals surface area contributed by atoms with Crippen LogP contribution in [-0.4, -0.2) is 34.1 Å². The van der Waals surface area contributed by atoms with Crippen LogP contribution in [0, 0.1) is 0 Å². The lowest BCUT2D eigenvalue weighted by Crippen LogP contribution is -2.16. The molecule has 1 amide bonds. The predicted molar refractivity (Wildman–Crippen MR) is 93.3 cm³/mol. The van der Waals surface area contributed by atoms with Crippen molar-refractivity contribution in [3.05, 3.63) is 72.1 Å². The van der Waals surface area contributed by atoms with Gasteiger partial charge in [-0.2, -0.15) is 10.2 Å². The van der Waals surface area contributed by atoms with Gasteiger partial charge in [0.05, 0.1) is 30.8 Å². The summed E-state index contributed by atoms with van der Waals surface area (Å²) in [5.41, 5.74) is 4.40. The number of nitrogens with zero attached hydrogens (tertiary/aromatic N) is 3. The lowest BCUT2D eigenvalue weighted by atomic mass is 10.2. The van der Waals surface area contributed by atoms with E-state index in [-0.39, 0.29) is 11.7 Å². The monoisotopic (exact) mass is 336 g/mol. The summed E-state index contributed by atoms with van der Waals surface area (Å²) in [7, 11) is 1.60. The number of benzene rings is 2. The molecule has 0 unspecified atom stereocenters. The fourth-order valence-corrected chi connectivity index (χ4v) is 2.11. The SMILES string of the molecule is COc1ccc(-n2cc(C(=O)N/N=C\c3ccc(O)cc3)cn2)cc1. The van der Waals surface area contributed by atoms with Gasteiger partial charge in [0.25, 0.3) is 5.91 Å². The third-order valence-corrected chi connectivity index (χ3v) is 3.45. The first kappa shape index (κ1) is 16.3. The summed E-state index contributed by atoms with van der Waals surface area (Å²) in [6.07, 6.45) is 4.58. The topological polar surface area (TPSA) is 88.7 Å². The minimum atomic E-state index is -0.366. The largest absolute Gasteiger partial charge is 0.508 e. The normalized spacial score (nSPS) is 10.8. The molecular weight excluding hydrogens is 320 g/mol. The molecule has 7 heteroatoms. The molecule has 0 radical (unpaired) electrons. The zero-order valence-electron chi connectivity index (χ0n) is 13.5. The molecule has 1 aromatic heterocycles. The highest BCUT2D eigenvalue weighted by atomic mass is 16.5. The van der Waals surface area contributed by atoms with Crippen LogP contribution in [0.25, 0.3) is 5.69 Å². The van der Waals surface area contributed by atoms with Gasteiger partial charge in [-0.05, 0) is 54.1 Å². The van der Waals surface area contributed by atoms with Crippen molar-refractivity contribution in [1.82, 2.24) is 15.2 Å². The van der Waals surface area contributed by atoms with E-state index >= 15 is 0 Å². The quantitative estimate of drug-likeness (QED) is 0.553. The van der Waals surface area contributed by atoms with E-state index in [0.29, 0.717) is 5.56 Å². The highest BCUT2D eigenvalue weighted by Gasteiger charge is 2.08. The summed E-state index contributed by atoms with van der Waals surface area (Å²) in [6, 6.07) is 13.8. The average molecular weight is 336 g/mol. The molecule has 0 spiro atoms. The van der Waals surface area contributed by atoms with Gasteiger partial charge in [0, 0.05) is 6.20 Å². The van der Waals surface area contributed by atoms with Gasteiger partial charge in [-0.15, -0.1) is 0 Å². The number of phenols is 1. The van der Waals surface area contributed by atoms with E-state index in [1.165, 1.54) is 12.4 Å². The Morgan fingerprint density at radius 1 is 1.20 bits per heavy atom. The van der Waals surface area contributed by atoms with Crippen LogP contribution in [0.5, 0.6) is 11.5 Å². The molecule has 0 aliphatic heterocycles. The molecular formula is C18H16N4O3. The summed E-state index contributed by atoms with van der Waals surface area (Å²) < 4.78 is 6.71. The van der Waals surface area contributed by atoms with E-state index in [0.717, 1.165) is 17.0 Å². The highest BCUT2D eigenvalue weighted by molar-refractivity contribution is 5.94. The molecule has 0 bridgehead atoms. The summed E-state index contributed by atoms with van der Waals surface area (Å²) in [6.45, 7) is 0. The van der Waals surface area contributed by atoms with Gasteiger partial charge < -0.3 is 9.84 Å². The zero-order valence-corrected chi connectivity index (χ0v) is 13.5. The number of hydrazone groups is 1. The maximum Gasteiger partial charge on any atom is 0.274 e. The first-order chi connectivity index (χ1) is 12.2. The van der Waals surface area contributed by atoms with Gasteiger partial charge in [0.15, 0.2) is 0 Å². The van der Waals surface area contributed by atoms with Crippen LogP contribution in [0.1, 0.15) is 15.9 Å². The molecule has 2 aromatic carbocycles. The first-order valence-corrected chi connectivity index (χ1v) is 7.47. The van der Waals surface area contributed by atoms with E-state index in [9.17, 15) is 9.90 Å². The van der Waals surface area contributed by atoms with E-state index in [1.807, 2.05) is 24.3 Å². The number of phenolic OH excluding ortho intramolecular Hbond substituents is 1. The maximum atomic E-state index is 12.1. The Morgan fingerprint density at radius 3 is 2.60 bits per heavy atom. The Balaban J connectivity index is 1.64. The van der Waals surface area contributed by atoms with E-state index in [1.54, 1.807) is 42.3 Å². The Bertz CT molecular complexity index is 883. The van der Waals surface area contributed by atoms with Gasteiger partial charge >= 0.3 is 0 Å². The number of hydrogen-bond donors (Lipinski definition) is 2. The lowest BCUT2D eigenvalue weighted by molar-refractivity contribution is 0.0955. The minimum Gasteiger partial charge on any atom is -0.508 e. The van der Waals surface area contributed by atoms with Gasteiger partial charge in [0.2, 0.25) is 0 Å². The highest BCUT2D eigenvalue weighted by Crippen LogP contribution is 2.14. The third-order valence-electron chi connectivity index (χ3n) is 3.45. The Morgan fingerprint density at radius 2 is 1.92 bits per heavy atom. The van der Waals surface area contributed by atoms with E-state index < -0.39 is 0 Å². The van der Waals surface area contributed by atoms with Crippen molar-refractivity contribution in [3.63, 3.8) is 0 Å². The van der Waals surface area contributed by atoms with Gasteiger partial charge in [-0.25, -0.2) is 10.1 Å². The van der Waals surface area contributed by atoms with Crippen LogP contribution >= 0.6 is 0 Å². The first-order valence-electron chi connectivity index (χ1n) is 7.47. The molecule has 0 saturated heterocycles. The van der Waals surface area contributed by atoms with Crippen molar-refractivity contribution in [2.24, 2.45) is 5.10 Å². The number of amides is 1. The van der Waals surface area contributed by atoms with Crippen LogP contribution in [0.3, 0.4) is 0 Å². The van der Waals surface area contributed by atoms with Crippen LogP contribution in [0.2, 0.25) is 0 Å². The van der Waals surface area contributed by atoms with E-state index in [4.69, 9.17) is 4.74 Å². The summed E-state index contributed by atoms with van der Waals surface area (Å²) in [5, 5.41) is 17.3. The molecule has 0 fully saturated rings. The number of methoxy groups -OCH3 is 1. The molecule has 0 aliphatic rings. The average Bonchev–Trinajstić information content (AvgIpc) is 3.13. The number of carbonyl (C=O) groups excluding carboxylic acids is 1. The van der Waals surface area contributed by atoms with Crippen LogP contribution in [-0.2, 0) is 0 Å². The van der Waals surface area contributed by atoms with Gasteiger partial charge in [-0.3, -0.25) is 4.79 Å². The van der Waals surface area contributed by atoms with Crippen LogP contribution in [0.15, 0.2) is 66.0 Å². The number of aromatic nitrogens is 2. The molecule has 2 N–H and O–H groups in total. The van der Waals surface area contributed by atoms with Crippen LogP contribution < -0.4 is 10.2 Å². The number of rotatable bonds is 5. The van der Waals surface area contributed by atoms with Crippen molar-refractivity contribution < 1.29 is 14.6 Å². The molecule has 1 heterocycles. The fraction of sp³-hybridized carbons (Fsp3) is 0.0556. The summed E-state index contributed by atoms with van der Waals surface area (Å²) in [5.74, 6) is 0.555. The predicted octanol–water partition coefficient (Wildman–Crippen LogP) is 2.35. The standard InChI is InChI=1S/C18H16N4O3/c1-25-17-8-4-15(5-9-17)22-12-14(11-20-22)18(24)21-19-10-13-2-6-16(23)7-3-13/h2-12,23H,1H3,(H,21,24)/b19-10-. The second-order valence-corrected chi connectivity index (χ2v) is 5.16. The number of aromatic hydroxyl groups is 1. The van der Waals surface area contributed by atoms with Gasteiger partial charge in [-0.1, -0.05) is 0 Å². The van der Waals surface area contributed by atoms with Crippen molar-refractivity contribution in [2.45, 2.75) is 0 Å². The minimum absolute atomic E-state index is 0.173. The number of carbonyl (C=O) groups is 1. The number of ether oxygens (including phenoxy) is 1. The molecule has 0 saturated carbocycles. The van der Waals surface area contributed by atoms with Gasteiger partial charge in [0.1, 0.15) is 11.5 Å². The van der Waals surface area contributed by atoms with Crippen molar-refractivity contribution in [1.29, 1.82) is 0 Å². The number of nitrogens with one attached hydrogen (secondary N) is 1. The van der Waals surface area contributed by atoms with Crippen molar-refractivity contribution >= 4 is 12.1 Å². The lowest BCUT2D eigenvalue weighted by Gasteiger charge is -2.02. The Hall–Kier alpha value is -3.61. The molecule has 0 aliphatic carbocycles. The second-order valence-electron chi connectivity index (χ2n) is 5.16.